The van der Waals surface area contributed by atoms with Crippen LogP contribution in [-0.2, 0) is 14.3 Å². The zero-order valence-corrected chi connectivity index (χ0v) is 13.6. The standard InChI is InChI=1S/C16H21F2NO4/c1-5-22-13(20)16(17,18)12(11-9-7-6-8-10-11)19-14(21)23-15(2,3)4/h6-10,12H,5H2,1-4H3,(H,19,21)/t12-/m0/s1. The first-order valence-corrected chi connectivity index (χ1v) is 7.17. The third-order valence-electron chi connectivity index (χ3n) is 2.70. The summed E-state index contributed by atoms with van der Waals surface area (Å²) in [5, 5.41) is 2.06. The topological polar surface area (TPSA) is 64.6 Å². The van der Waals surface area contributed by atoms with Gasteiger partial charge in [-0.1, -0.05) is 30.3 Å². The Morgan fingerprint density at radius 1 is 1.17 bits per heavy atom. The summed E-state index contributed by atoms with van der Waals surface area (Å²) in [6, 6.07) is 5.57. The molecule has 1 amide bonds. The molecular weight excluding hydrogens is 308 g/mol. The number of benzene rings is 1. The van der Waals surface area contributed by atoms with Gasteiger partial charge in [-0.2, -0.15) is 8.78 Å². The lowest BCUT2D eigenvalue weighted by Crippen LogP contribution is -2.47. The highest BCUT2D eigenvalue weighted by Gasteiger charge is 2.50. The van der Waals surface area contributed by atoms with Gasteiger partial charge in [0.15, 0.2) is 0 Å². The molecule has 1 aromatic carbocycles. The first-order valence-electron chi connectivity index (χ1n) is 7.17. The molecule has 0 aliphatic heterocycles. The van der Waals surface area contributed by atoms with Gasteiger partial charge < -0.3 is 14.8 Å². The van der Waals surface area contributed by atoms with Crippen molar-refractivity contribution in [3.05, 3.63) is 35.9 Å². The van der Waals surface area contributed by atoms with Crippen molar-refractivity contribution >= 4 is 12.1 Å². The third-order valence-corrected chi connectivity index (χ3v) is 2.70. The van der Waals surface area contributed by atoms with E-state index in [0.29, 0.717) is 0 Å². The zero-order chi connectivity index (χ0) is 17.7. The number of ether oxygens (including phenoxy) is 2. The summed E-state index contributed by atoms with van der Waals surface area (Å²) < 4.78 is 38.2. The molecule has 128 valence electrons. The van der Waals surface area contributed by atoms with E-state index >= 15 is 0 Å². The summed E-state index contributed by atoms with van der Waals surface area (Å²) in [6.07, 6.45) is -1.05. The number of rotatable bonds is 5. The fourth-order valence-corrected chi connectivity index (χ4v) is 1.80. The first kappa shape index (κ1) is 18.9. The number of carbonyl (C=O) groups excluding carboxylic acids is 2. The van der Waals surface area contributed by atoms with Gasteiger partial charge in [0.2, 0.25) is 0 Å². The average Bonchev–Trinajstić information content (AvgIpc) is 2.44. The number of carbonyl (C=O) groups is 2. The van der Waals surface area contributed by atoms with Crippen molar-refractivity contribution in [2.45, 2.75) is 45.3 Å². The highest BCUT2D eigenvalue weighted by atomic mass is 19.3. The fraction of sp³-hybridized carbons (Fsp3) is 0.500. The van der Waals surface area contributed by atoms with Crippen LogP contribution in [0.1, 0.15) is 39.3 Å². The number of alkyl carbamates (subject to hydrolysis) is 1. The van der Waals surface area contributed by atoms with E-state index in [-0.39, 0.29) is 12.2 Å². The van der Waals surface area contributed by atoms with Crippen molar-refractivity contribution < 1.29 is 27.8 Å². The molecule has 0 unspecified atom stereocenters. The molecule has 0 radical (unpaired) electrons. The molecule has 0 saturated heterocycles. The number of amides is 1. The van der Waals surface area contributed by atoms with Gasteiger partial charge in [0.25, 0.3) is 0 Å². The van der Waals surface area contributed by atoms with Crippen molar-refractivity contribution in [1.82, 2.24) is 5.32 Å². The number of halogens is 2. The Labute approximate surface area is 134 Å². The summed E-state index contributed by atoms with van der Waals surface area (Å²) in [7, 11) is 0. The van der Waals surface area contributed by atoms with E-state index in [1.165, 1.54) is 31.2 Å². The Hall–Kier alpha value is -2.18. The maximum Gasteiger partial charge on any atom is 0.408 e. The lowest BCUT2D eigenvalue weighted by Gasteiger charge is -2.28. The average molecular weight is 329 g/mol. The highest BCUT2D eigenvalue weighted by molar-refractivity contribution is 5.80. The predicted molar refractivity (Wildman–Crippen MR) is 80.1 cm³/mol. The van der Waals surface area contributed by atoms with Crippen LogP contribution >= 0.6 is 0 Å². The second kappa shape index (κ2) is 7.39. The molecule has 0 heterocycles. The molecule has 0 spiro atoms. The van der Waals surface area contributed by atoms with Gasteiger partial charge in [-0.15, -0.1) is 0 Å². The Morgan fingerprint density at radius 2 is 1.74 bits per heavy atom. The molecule has 1 rings (SSSR count). The molecule has 0 aliphatic rings. The predicted octanol–water partition coefficient (Wildman–Crippen LogP) is 3.45. The number of hydrogen-bond donors (Lipinski definition) is 1. The maximum atomic E-state index is 14.4. The molecule has 0 saturated carbocycles. The third kappa shape index (κ3) is 5.50. The van der Waals surface area contributed by atoms with Crippen LogP contribution < -0.4 is 5.32 Å². The van der Waals surface area contributed by atoms with Crippen LogP contribution in [0.2, 0.25) is 0 Å². The van der Waals surface area contributed by atoms with Crippen LogP contribution in [-0.4, -0.2) is 30.2 Å². The van der Waals surface area contributed by atoms with Crippen molar-refractivity contribution in [1.29, 1.82) is 0 Å². The van der Waals surface area contributed by atoms with E-state index < -0.39 is 29.6 Å². The Morgan fingerprint density at radius 3 is 2.22 bits per heavy atom. The summed E-state index contributed by atoms with van der Waals surface area (Å²) in [4.78, 5) is 23.4. The van der Waals surface area contributed by atoms with Gasteiger partial charge in [0.05, 0.1) is 6.61 Å². The smallest absolute Gasteiger partial charge is 0.408 e. The lowest BCUT2D eigenvalue weighted by molar-refractivity contribution is -0.176. The van der Waals surface area contributed by atoms with E-state index in [1.807, 2.05) is 0 Å². The van der Waals surface area contributed by atoms with Gasteiger partial charge in [-0.25, -0.2) is 9.59 Å². The van der Waals surface area contributed by atoms with Gasteiger partial charge in [-0.05, 0) is 33.3 Å². The molecule has 5 nitrogen and oxygen atoms in total. The molecule has 1 N–H and O–H groups in total. The van der Waals surface area contributed by atoms with Crippen LogP contribution in [0.4, 0.5) is 13.6 Å². The molecule has 0 aromatic heterocycles. The van der Waals surface area contributed by atoms with Gasteiger partial charge >= 0.3 is 18.0 Å². The van der Waals surface area contributed by atoms with Crippen LogP contribution in [0.5, 0.6) is 0 Å². The molecule has 0 fully saturated rings. The minimum absolute atomic E-state index is 0.0661. The molecule has 23 heavy (non-hydrogen) atoms. The summed E-state index contributed by atoms with van der Waals surface area (Å²) in [5.74, 6) is -5.64. The normalized spacial score (nSPS) is 13.1. The number of hydrogen-bond acceptors (Lipinski definition) is 4. The fourth-order valence-electron chi connectivity index (χ4n) is 1.80. The molecular formula is C16H21F2NO4. The van der Waals surface area contributed by atoms with E-state index in [9.17, 15) is 18.4 Å². The monoisotopic (exact) mass is 329 g/mol. The van der Waals surface area contributed by atoms with E-state index in [1.54, 1.807) is 26.8 Å². The first-order chi connectivity index (χ1) is 10.6. The van der Waals surface area contributed by atoms with Crippen LogP contribution in [0.25, 0.3) is 0 Å². The van der Waals surface area contributed by atoms with E-state index in [0.717, 1.165) is 0 Å². The highest BCUT2D eigenvalue weighted by Crippen LogP contribution is 2.33. The van der Waals surface area contributed by atoms with Crippen LogP contribution in [0.15, 0.2) is 30.3 Å². The van der Waals surface area contributed by atoms with Gasteiger partial charge in [0, 0.05) is 0 Å². The van der Waals surface area contributed by atoms with Gasteiger partial charge in [-0.3, -0.25) is 0 Å². The maximum absolute atomic E-state index is 14.4. The molecule has 0 aliphatic carbocycles. The summed E-state index contributed by atoms with van der Waals surface area (Å²) in [5.41, 5.74) is -0.790. The molecule has 0 bridgehead atoms. The Bertz CT molecular complexity index is 541. The van der Waals surface area contributed by atoms with Crippen molar-refractivity contribution in [3.8, 4) is 0 Å². The number of esters is 1. The zero-order valence-electron chi connectivity index (χ0n) is 13.6. The number of alkyl halides is 2. The van der Waals surface area contributed by atoms with E-state index in [2.05, 4.69) is 10.1 Å². The summed E-state index contributed by atoms with van der Waals surface area (Å²) >= 11 is 0. The second-order valence-corrected chi connectivity index (χ2v) is 5.83. The lowest BCUT2D eigenvalue weighted by atomic mass is 10.0. The van der Waals surface area contributed by atoms with Crippen LogP contribution in [0, 0.1) is 0 Å². The number of nitrogens with one attached hydrogen (secondary N) is 1. The van der Waals surface area contributed by atoms with E-state index in [4.69, 9.17) is 4.74 Å². The van der Waals surface area contributed by atoms with Crippen molar-refractivity contribution in [2.75, 3.05) is 6.61 Å². The van der Waals surface area contributed by atoms with Crippen molar-refractivity contribution in [3.63, 3.8) is 0 Å². The largest absolute Gasteiger partial charge is 0.461 e. The minimum Gasteiger partial charge on any atom is -0.461 e. The molecule has 1 atom stereocenters. The van der Waals surface area contributed by atoms with Gasteiger partial charge in [0.1, 0.15) is 11.6 Å². The second-order valence-electron chi connectivity index (χ2n) is 5.83. The van der Waals surface area contributed by atoms with Crippen molar-refractivity contribution in [2.24, 2.45) is 0 Å². The van der Waals surface area contributed by atoms with Crippen LogP contribution in [0.3, 0.4) is 0 Å². The Balaban J connectivity index is 3.08. The molecule has 7 heteroatoms. The minimum atomic E-state index is -3.94. The SMILES string of the molecule is CCOC(=O)C(F)(F)[C@@H](NC(=O)OC(C)(C)C)c1ccccc1. The summed E-state index contributed by atoms with van der Waals surface area (Å²) in [6.45, 7) is 6.05. The molecule has 1 aromatic rings. The quantitative estimate of drug-likeness (QED) is 0.840. The Kier molecular flexibility index (Phi) is 6.06.